The Morgan fingerprint density at radius 1 is 1.43 bits per heavy atom. The number of rotatable bonds is 4. The van der Waals surface area contributed by atoms with Gasteiger partial charge in [-0.1, -0.05) is 13.8 Å². The van der Waals surface area contributed by atoms with Crippen molar-refractivity contribution in [1.29, 1.82) is 0 Å². The van der Waals surface area contributed by atoms with Crippen molar-refractivity contribution in [3.05, 3.63) is 15.6 Å². The summed E-state index contributed by atoms with van der Waals surface area (Å²) in [5.41, 5.74) is 6.95. The molecule has 0 spiro atoms. The molecule has 0 radical (unpaired) electrons. The van der Waals surface area contributed by atoms with E-state index in [9.17, 15) is 0 Å². The lowest BCUT2D eigenvalue weighted by atomic mass is 10.2. The van der Waals surface area contributed by atoms with Crippen LogP contribution in [0, 0.1) is 6.92 Å². The molecule has 0 saturated carbocycles. The number of aryl methyl sites for hydroxylation is 1. The highest BCUT2D eigenvalue weighted by atomic mass is 32.2. The van der Waals surface area contributed by atoms with Crippen LogP contribution in [0.2, 0.25) is 0 Å². The molecule has 1 heterocycles. The quantitative estimate of drug-likeness (QED) is 0.864. The smallest absolute Gasteiger partial charge is 0.103 e. The van der Waals surface area contributed by atoms with Gasteiger partial charge in [0.05, 0.1) is 5.69 Å². The third-order valence-electron chi connectivity index (χ3n) is 1.83. The summed E-state index contributed by atoms with van der Waals surface area (Å²) in [6.07, 6.45) is 0. The van der Waals surface area contributed by atoms with Crippen LogP contribution in [0.1, 0.15) is 42.4 Å². The minimum absolute atomic E-state index is 0.116. The Kier molecular flexibility index (Phi) is 4.41. The Hall–Kier alpha value is -0.0600. The third kappa shape index (κ3) is 3.26. The first-order valence-electron chi connectivity index (χ1n) is 4.84. The lowest BCUT2D eigenvalue weighted by Gasteiger charge is -2.01. The lowest BCUT2D eigenvalue weighted by molar-refractivity contribution is 0.825. The van der Waals surface area contributed by atoms with Crippen molar-refractivity contribution in [3.8, 4) is 0 Å². The zero-order valence-electron chi connectivity index (χ0n) is 9.20. The molecule has 4 heteroatoms. The Balaban J connectivity index is 2.66. The fourth-order valence-electron chi connectivity index (χ4n) is 1.19. The molecule has 0 bridgehead atoms. The van der Waals surface area contributed by atoms with Crippen LogP contribution in [-0.2, 0) is 5.75 Å². The maximum atomic E-state index is 5.85. The molecule has 0 amide bonds. The maximum absolute atomic E-state index is 5.85. The second kappa shape index (κ2) is 5.14. The second-order valence-corrected chi connectivity index (χ2v) is 6.39. The first kappa shape index (κ1) is 12.0. The zero-order valence-corrected chi connectivity index (χ0v) is 10.8. The number of nitrogens with two attached hydrogens (primary N) is 1. The van der Waals surface area contributed by atoms with E-state index in [0.29, 0.717) is 5.25 Å². The predicted molar refractivity (Wildman–Crippen MR) is 65.9 cm³/mol. The molecule has 0 aliphatic rings. The van der Waals surface area contributed by atoms with Gasteiger partial charge in [-0.2, -0.15) is 11.8 Å². The average molecular weight is 230 g/mol. The summed E-state index contributed by atoms with van der Waals surface area (Å²) in [7, 11) is 0. The number of thioether (sulfide) groups is 1. The first-order chi connectivity index (χ1) is 6.50. The number of nitrogens with zero attached hydrogens (tertiary/aromatic N) is 1. The molecule has 1 atom stereocenters. The van der Waals surface area contributed by atoms with Crippen molar-refractivity contribution in [2.45, 2.75) is 44.7 Å². The number of hydrogen-bond acceptors (Lipinski definition) is 4. The largest absolute Gasteiger partial charge is 0.323 e. The van der Waals surface area contributed by atoms with Gasteiger partial charge in [0.1, 0.15) is 5.01 Å². The Morgan fingerprint density at radius 3 is 2.50 bits per heavy atom. The highest BCUT2D eigenvalue weighted by Gasteiger charge is 2.11. The van der Waals surface area contributed by atoms with Crippen LogP contribution < -0.4 is 5.73 Å². The van der Waals surface area contributed by atoms with Crippen molar-refractivity contribution < 1.29 is 0 Å². The van der Waals surface area contributed by atoms with Crippen molar-refractivity contribution >= 4 is 23.1 Å². The summed E-state index contributed by atoms with van der Waals surface area (Å²) in [6, 6.07) is 0.116. The van der Waals surface area contributed by atoms with Crippen LogP contribution in [0.5, 0.6) is 0 Å². The fraction of sp³-hybridized carbons (Fsp3) is 0.700. The summed E-state index contributed by atoms with van der Waals surface area (Å²) >= 11 is 3.68. The molecule has 14 heavy (non-hydrogen) atoms. The van der Waals surface area contributed by atoms with Gasteiger partial charge >= 0.3 is 0 Å². The van der Waals surface area contributed by atoms with E-state index < -0.39 is 0 Å². The van der Waals surface area contributed by atoms with E-state index >= 15 is 0 Å². The van der Waals surface area contributed by atoms with E-state index in [2.05, 4.69) is 18.8 Å². The van der Waals surface area contributed by atoms with Gasteiger partial charge in [-0.15, -0.1) is 11.3 Å². The highest BCUT2D eigenvalue weighted by Crippen LogP contribution is 2.27. The standard InChI is InChI=1S/C10H18N2S2/c1-6(2)13-5-9-12-8(4)10(14-9)7(3)11/h6-7H,5,11H2,1-4H3. The van der Waals surface area contributed by atoms with Crippen molar-refractivity contribution in [2.75, 3.05) is 0 Å². The highest BCUT2D eigenvalue weighted by molar-refractivity contribution is 7.99. The second-order valence-electron chi connectivity index (χ2n) is 3.71. The van der Waals surface area contributed by atoms with E-state index in [1.807, 2.05) is 25.6 Å². The van der Waals surface area contributed by atoms with Gasteiger partial charge in [0.2, 0.25) is 0 Å². The van der Waals surface area contributed by atoms with Crippen molar-refractivity contribution in [2.24, 2.45) is 5.73 Å². The molecule has 0 saturated heterocycles. The van der Waals surface area contributed by atoms with Crippen LogP contribution in [0.3, 0.4) is 0 Å². The van der Waals surface area contributed by atoms with Gasteiger partial charge in [-0.3, -0.25) is 0 Å². The molecule has 1 unspecified atom stereocenters. The van der Waals surface area contributed by atoms with Gasteiger partial charge in [-0.25, -0.2) is 4.98 Å². The zero-order chi connectivity index (χ0) is 10.7. The topological polar surface area (TPSA) is 38.9 Å². The van der Waals surface area contributed by atoms with E-state index in [-0.39, 0.29) is 6.04 Å². The maximum Gasteiger partial charge on any atom is 0.103 e. The minimum atomic E-state index is 0.116. The summed E-state index contributed by atoms with van der Waals surface area (Å²) in [5.74, 6) is 1.01. The van der Waals surface area contributed by atoms with E-state index in [1.54, 1.807) is 11.3 Å². The molecule has 0 aromatic carbocycles. The van der Waals surface area contributed by atoms with Crippen LogP contribution >= 0.6 is 23.1 Å². The van der Waals surface area contributed by atoms with Crippen LogP contribution in [-0.4, -0.2) is 10.2 Å². The summed E-state index contributed by atoms with van der Waals surface area (Å²) in [6.45, 7) is 8.47. The molecule has 2 N–H and O–H groups in total. The van der Waals surface area contributed by atoms with E-state index in [4.69, 9.17) is 5.73 Å². The van der Waals surface area contributed by atoms with Crippen molar-refractivity contribution in [1.82, 2.24) is 4.98 Å². The molecular weight excluding hydrogens is 212 g/mol. The Labute approximate surface area is 94.3 Å². The number of thiazole rings is 1. The van der Waals surface area contributed by atoms with Gasteiger partial charge in [0.15, 0.2) is 0 Å². The van der Waals surface area contributed by atoms with E-state index in [1.165, 1.54) is 9.88 Å². The summed E-state index contributed by atoms with van der Waals surface area (Å²) in [5, 5.41) is 1.87. The number of aromatic nitrogens is 1. The van der Waals surface area contributed by atoms with Crippen LogP contribution in [0.4, 0.5) is 0 Å². The van der Waals surface area contributed by atoms with Crippen LogP contribution in [0.15, 0.2) is 0 Å². The molecule has 0 aliphatic heterocycles. The predicted octanol–water partition coefficient (Wildman–Crippen LogP) is 3.11. The third-order valence-corrected chi connectivity index (χ3v) is 4.48. The molecule has 0 aliphatic carbocycles. The monoisotopic (exact) mass is 230 g/mol. The molecule has 80 valence electrons. The Morgan fingerprint density at radius 2 is 2.07 bits per heavy atom. The summed E-state index contributed by atoms with van der Waals surface area (Å²) < 4.78 is 0. The molecule has 0 fully saturated rings. The fourth-order valence-corrected chi connectivity index (χ4v) is 2.98. The molecule has 1 aromatic rings. The SMILES string of the molecule is Cc1nc(CSC(C)C)sc1C(C)N. The summed E-state index contributed by atoms with van der Waals surface area (Å²) in [4.78, 5) is 5.75. The molecule has 1 rings (SSSR count). The lowest BCUT2D eigenvalue weighted by Crippen LogP contribution is -2.03. The van der Waals surface area contributed by atoms with Gasteiger partial charge in [0, 0.05) is 16.7 Å². The average Bonchev–Trinajstić information content (AvgIpc) is 2.43. The van der Waals surface area contributed by atoms with Crippen molar-refractivity contribution in [3.63, 3.8) is 0 Å². The normalized spacial score (nSPS) is 13.6. The first-order valence-corrected chi connectivity index (χ1v) is 6.70. The van der Waals surface area contributed by atoms with Gasteiger partial charge < -0.3 is 5.73 Å². The van der Waals surface area contributed by atoms with Gasteiger partial charge in [0.25, 0.3) is 0 Å². The molecule has 2 nitrogen and oxygen atoms in total. The van der Waals surface area contributed by atoms with Gasteiger partial charge in [-0.05, 0) is 19.1 Å². The van der Waals surface area contributed by atoms with E-state index in [0.717, 1.165) is 11.4 Å². The molecular formula is C10H18N2S2. The Bertz CT molecular complexity index is 292. The number of hydrogen-bond donors (Lipinski definition) is 1. The molecule has 1 aromatic heterocycles. The minimum Gasteiger partial charge on any atom is -0.323 e. The van der Waals surface area contributed by atoms with Crippen LogP contribution in [0.25, 0.3) is 0 Å².